The summed E-state index contributed by atoms with van der Waals surface area (Å²) in [6.45, 7) is 0. The largest absolute Gasteiger partial charge is 0.236 e. The summed E-state index contributed by atoms with van der Waals surface area (Å²) in [7, 11) is 0. The third-order valence-corrected chi connectivity index (χ3v) is 3.54. The zero-order chi connectivity index (χ0) is 7.84. The van der Waals surface area contributed by atoms with Crippen molar-refractivity contribution in [3.63, 3.8) is 0 Å². The molecule has 2 bridgehead atoms. The molecule has 58 valence electrons. The van der Waals surface area contributed by atoms with Gasteiger partial charge >= 0.3 is 0 Å². The fourth-order valence-corrected chi connectivity index (χ4v) is 2.75. The second-order valence-corrected chi connectivity index (χ2v) is 4.47. The summed E-state index contributed by atoms with van der Waals surface area (Å²) in [5.74, 6) is -0.619. The van der Waals surface area contributed by atoms with Crippen molar-refractivity contribution in [1.29, 1.82) is 0 Å². The Hall–Kier alpha value is 0. The lowest BCUT2D eigenvalue weighted by Gasteiger charge is -2.10. The van der Waals surface area contributed by atoms with Gasteiger partial charge in [-0.2, -0.15) is 9.37 Å². The summed E-state index contributed by atoms with van der Waals surface area (Å²) in [5.41, 5.74) is 0. The van der Waals surface area contributed by atoms with Gasteiger partial charge in [-0.05, 0) is 0 Å². The van der Waals surface area contributed by atoms with Gasteiger partial charge < -0.3 is 0 Å². The Labute approximate surface area is 75.9 Å². The van der Waals surface area contributed by atoms with Crippen molar-refractivity contribution in [2.75, 3.05) is 5.08 Å². The van der Waals surface area contributed by atoms with Crippen molar-refractivity contribution in [2.24, 2.45) is 0 Å². The van der Waals surface area contributed by atoms with Crippen LogP contribution in [0.3, 0.4) is 0 Å². The van der Waals surface area contributed by atoms with E-state index in [9.17, 15) is 4.39 Å². The molecule has 0 saturated heterocycles. The SMILES string of the molecule is Fc1nc2nc(c1Cl)SCS2. The Bertz CT molecular complexity index is 303. The summed E-state index contributed by atoms with van der Waals surface area (Å²) in [4.78, 5) is 7.52. The monoisotopic (exact) mass is 208 g/mol. The van der Waals surface area contributed by atoms with E-state index >= 15 is 0 Å². The molecular formula is C5H2ClFN2S2. The van der Waals surface area contributed by atoms with Crippen LogP contribution in [0.5, 0.6) is 0 Å². The molecule has 1 aliphatic heterocycles. The maximum absolute atomic E-state index is 12.8. The second kappa shape index (κ2) is 2.80. The van der Waals surface area contributed by atoms with Crippen molar-refractivity contribution in [1.82, 2.24) is 9.97 Å². The smallest absolute Gasteiger partial charge is 0.214 e. The number of hydrogen-bond acceptors (Lipinski definition) is 4. The highest BCUT2D eigenvalue weighted by Crippen LogP contribution is 2.36. The highest BCUT2D eigenvalue weighted by atomic mass is 35.5. The van der Waals surface area contributed by atoms with E-state index in [-0.39, 0.29) is 5.02 Å². The first-order valence-electron chi connectivity index (χ1n) is 2.76. The Morgan fingerprint density at radius 3 is 3.00 bits per heavy atom. The lowest BCUT2D eigenvalue weighted by Crippen LogP contribution is -1.99. The number of hydrogen-bond donors (Lipinski definition) is 0. The minimum atomic E-state index is -0.619. The average Bonchev–Trinajstić information content (AvgIpc) is 2.01. The van der Waals surface area contributed by atoms with Gasteiger partial charge in [0.2, 0.25) is 5.95 Å². The average molecular weight is 209 g/mol. The van der Waals surface area contributed by atoms with E-state index < -0.39 is 5.95 Å². The fourth-order valence-electron chi connectivity index (χ4n) is 0.680. The van der Waals surface area contributed by atoms with Gasteiger partial charge in [0.15, 0.2) is 5.16 Å². The van der Waals surface area contributed by atoms with E-state index in [1.807, 2.05) is 0 Å². The number of nitrogens with zero attached hydrogens (tertiary/aromatic N) is 2. The van der Waals surface area contributed by atoms with Gasteiger partial charge in [-0.25, -0.2) is 4.98 Å². The quantitative estimate of drug-likeness (QED) is 0.483. The van der Waals surface area contributed by atoms with E-state index in [4.69, 9.17) is 11.6 Å². The molecule has 0 N–H and O–H groups in total. The van der Waals surface area contributed by atoms with Crippen LogP contribution < -0.4 is 0 Å². The number of aromatic nitrogens is 2. The molecule has 0 amide bonds. The normalized spacial score (nSPS) is 15.1. The van der Waals surface area contributed by atoms with Crippen LogP contribution in [0.4, 0.5) is 4.39 Å². The van der Waals surface area contributed by atoms with E-state index in [0.717, 1.165) is 5.08 Å². The topological polar surface area (TPSA) is 25.8 Å². The summed E-state index contributed by atoms with van der Waals surface area (Å²) in [5, 5.41) is 1.87. The van der Waals surface area contributed by atoms with Crippen molar-refractivity contribution < 1.29 is 4.39 Å². The first-order chi connectivity index (χ1) is 5.27. The molecule has 1 aromatic rings. The molecule has 2 nitrogen and oxygen atoms in total. The zero-order valence-corrected chi connectivity index (χ0v) is 7.56. The summed E-state index contributed by atoms with van der Waals surface area (Å²) >= 11 is 8.42. The molecule has 0 aromatic carbocycles. The lowest BCUT2D eigenvalue weighted by atomic mass is 10.6. The first-order valence-corrected chi connectivity index (χ1v) is 5.11. The molecule has 0 saturated carbocycles. The molecular weight excluding hydrogens is 207 g/mol. The van der Waals surface area contributed by atoms with Gasteiger partial charge in [0, 0.05) is 0 Å². The molecule has 11 heavy (non-hydrogen) atoms. The van der Waals surface area contributed by atoms with Crippen LogP contribution >= 0.6 is 35.1 Å². The maximum Gasteiger partial charge on any atom is 0.236 e. The lowest BCUT2D eigenvalue weighted by molar-refractivity contribution is 0.553. The number of thioether (sulfide) groups is 2. The van der Waals surface area contributed by atoms with Crippen molar-refractivity contribution in [3.05, 3.63) is 11.0 Å². The van der Waals surface area contributed by atoms with Gasteiger partial charge in [0.25, 0.3) is 0 Å². The molecule has 6 heteroatoms. The van der Waals surface area contributed by atoms with E-state index in [2.05, 4.69) is 9.97 Å². The van der Waals surface area contributed by atoms with E-state index in [1.165, 1.54) is 23.5 Å². The van der Waals surface area contributed by atoms with Gasteiger partial charge in [-0.15, -0.1) is 0 Å². The Balaban J connectivity index is 2.62. The minimum absolute atomic E-state index is 0.0408. The predicted molar refractivity (Wildman–Crippen MR) is 43.6 cm³/mol. The third-order valence-electron chi connectivity index (χ3n) is 1.14. The molecule has 1 aliphatic rings. The van der Waals surface area contributed by atoms with Crippen LogP contribution in [0.15, 0.2) is 10.2 Å². The molecule has 0 atom stereocenters. The highest BCUT2D eigenvalue weighted by molar-refractivity contribution is 8.16. The molecule has 0 unspecified atom stereocenters. The van der Waals surface area contributed by atoms with Gasteiger partial charge in [0.05, 0.1) is 5.08 Å². The summed E-state index contributed by atoms with van der Waals surface area (Å²) in [6, 6.07) is 0. The van der Waals surface area contributed by atoms with Crippen molar-refractivity contribution in [3.8, 4) is 0 Å². The molecule has 2 rings (SSSR count). The maximum atomic E-state index is 12.8. The van der Waals surface area contributed by atoms with Crippen LogP contribution in [0, 0.1) is 5.95 Å². The van der Waals surface area contributed by atoms with Crippen molar-refractivity contribution in [2.45, 2.75) is 10.2 Å². The van der Waals surface area contributed by atoms with Crippen molar-refractivity contribution >= 4 is 35.1 Å². The summed E-state index contributed by atoms with van der Waals surface area (Å²) in [6.07, 6.45) is 0. The van der Waals surface area contributed by atoms with Gasteiger partial charge in [-0.1, -0.05) is 35.1 Å². The Morgan fingerprint density at radius 1 is 1.36 bits per heavy atom. The zero-order valence-electron chi connectivity index (χ0n) is 5.17. The van der Waals surface area contributed by atoms with E-state index in [0.29, 0.717) is 10.2 Å². The molecule has 0 fully saturated rings. The highest BCUT2D eigenvalue weighted by Gasteiger charge is 2.17. The van der Waals surface area contributed by atoms with Crippen LogP contribution in [0.2, 0.25) is 5.02 Å². The van der Waals surface area contributed by atoms with Crippen LogP contribution in [0.25, 0.3) is 0 Å². The van der Waals surface area contributed by atoms with Gasteiger partial charge in [-0.3, -0.25) is 0 Å². The van der Waals surface area contributed by atoms with Crippen LogP contribution in [-0.4, -0.2) is 15.1 Å². The minimum Gasteiger partial charge on any atom is -0.214 e. The predicted octanol–water partition coefficient (Wildman–Crippen LogP) is 2.42. The Kier molecular flexibility index (Phi) is 1.95. The van der Waals surface area contributed by atoms with Crippen LogP contribution in [0.1, 0.15) is 0 Å². The number of fused-ring (bicyclic) bond motifs is 2. The molecule has 0 spiro atoms. The molecule has 0 aliphatic carbocycles. The van der Waals surface area contributed by atoms with E-state index in [1.54, 1.807) is 0 Å². The second-order valence-electron chi connectivity index (χ2n) is 1.82. The third kappa shape index (κ3) is 1.32. The standard InChI is InChI=1S/C5H2ClFN2S2/c6-2-3(7)8-5-9-4(2)10-1-11-5/h1H2. The Morgan fingerprint density at radius 2 is 2.18 bits per heavy atom. The number of rotatable bonds is 0. The molecule has 0 radical (unpaired) electrons. The first kappa shape index (κ1) is 7.64. The molecule has 2 heterocycles. The fraction of sp³-hybridized carbons (Fsp3) is 0.200. The number of halogens is 2. The van der Waals surface area contributed by atoms with Gasteiger partial charge in [0.1, 0.15) is 10.0 Å². The summed E-state index contributed by atoms with van der Waals surface area (Å²) < 4.78 is 12.8. The molecule has 1 aromatic heterocycles. The van der Waals surface area contributed by atoms with Crippen LogP contribution in [-0.2, 0) is 0 Å².